The Morgan fingerprint density at radius 1 is 1.40 bits per heavy atom. The van der Waals surface area contributed by atoms with Crippen LogP contribution in [0.15, 0.2) is 29.8 Å². The van der Waals surface area contributed by atoms with E-state index in [9.17, 15) is 9.18 Å². The molecule has 0 bridgehead atoms. The highest BCUT2D eigenvalue weighted by Crippen LogP contribution is 2.23. The van der Waals surface area contributed by atoms with Gasteiger partial charge >= 0.3 is 0 Å². The number of carbonyl (C=O) groups excluding carboxylic acids is 1. The van der Waals surface area contributed by atoms with E-state index in [1.165, 1.54) is 12.1 Å². The van der Waals surface area contributed by atoms with Crippen molar-refractivity contribution in [2.45, 2.75) is 26.2 Å². The van der Waals surface area contributed by atoms with E-state index in [0.717, 1.165) is 24.8 Å². The molecule has 2 rings (SSSR count). The Kier molecular flexibility index (Phi) is 2.67. The molecule has 0 aliphatic heterocycles. The summed E-state index contributed by atoms with van der Waals surface area (Å²) < 4.78 is 12.9. The molecular formula is C13H13FO. The summed E-state index contributed by atoms with van der Waals surface area (Å²) in [5.74, 6) is -0.227. The summed E-state index contributed by atoms with van der Waals surface area (Å²) in [6.45, 7) is 1.77. The smallest absolute Gasteiger partial charge is 0.188 e. The molecule has 1 aliphatic rings. The summed E-state index contributed by atoms with van der Waals surface area (Å²) in [4.78, 5) is 12.0. The van der Waals surface area contributed by atoms with E-state index in [4.69, 9.17) is 0 Å². The normalized spacial score (nSPS) is 15.2. The molecule has 78 valence electrons. The first kappa shape index (κ1) is 10.1. The Bertz CT molecular complexity index is 432. The zero-order chi connectivity index (χ0) is 10.8. The summed E-state index contributed by atoms with van der Waals surface area (Å²) in [5, 5.41) is 0. The number of hydrogen-bond donors (Lipinski definition) is 0. The largest absolute Gasteiger partial charge is 0.289 e. The van der Waals surface area contributed by atoms with Crippen LogP contribution in [0.1, 0.15) is 35.2 Å². The van der Waals surface area contributed by atoms with Crippen molar-refractivity contribution in [1.29, 1.82) is 0 Å². The fourth-order valence-corrected chi connectivity index (χ4v) is 1.93. The van der Waals surface area contributed by atoms with Crippen molar-refractivity contribution in [2.24, 2.45) is 0 Å². The monoisotopic (exact) mass is 204 g/mol. The van der Waals surface area contributed by atoms with Gasteiger partial charge in [-0.05, 0) is 55.5 Å². The lowest BCUT2D eigenvalue weighted by Gasteiger charge is -2.05. The molecule has 15 heavy (non-hydrogen) atoms. The molecular weight excluding hydrogens is 191 g/mol. The maximum absolute atomic E-state index is 12.9. The van der Waals surface area contributed by atoms with Gasteiger partial charge in [-0.1, -0.05) is 6.08 Å². The first-order valence-corrected chi connectivity index (χ1v) is 5.18. The maximum Gasteiger partial charge on any atom is 0.188 e. The van der Waals surface area contributed by atoms with Crippen LogP contribution in [0.4, 0.5) is 4.39 Å². The van der Waals surface area contributed by atoms with Gasteiger partial charge in [-0.15, -0.1) is 0 Å². The molecule has 0 spiro atoms. The highest BCUT2D eigenvalue weighted by atomic mass is 19.1. The standard InChI is InChI=1S/C13H13FO/c1-9-8-11(14)6-7-12(9)13(15)10-4-2-3-5-10/h4,6-8H,2-3,5H2,1H3. The molecule has 0 atom stereocenters. The van der Waals surface area contributed by atoms with E-state index in [0.29, 0.717) is 11.1 Å². The van der Waals surface area contributed by atoms with Gasteiger partial charge in [-0.2, -0.15) is 0 Å². The second-order valence-corrected chi connectivity index (χ2v) is 3.91. The van der Waals surface area contributed by atoms with Crippen molar-refractivity contribution in [2.75, 3.05) is 0 Å². The van der Waals surface area contributed by atoms with Crippen LogP contribution < -0.4 is 0 Å². The molecule has 1 aromatic carbocycles. The van der Waals surface area contributed by atoms with Gasteiger partial charge in [0.15, 0.2) is 5.78 Å². The van der Waals surface area contributed by atoms with Crippen LogP contribution in [0.5, 0.6) is 0 Å². The lowest BCUT2D eigenvalue weighted by Crippen LogP contribution is -2.04. The van der Waals surface area contributed by atoms with Crippen LogP contribution in [0.3, 0.4) is 0 Å². The van der Waals surface area contributed by atoms with E-state index >= 15 is 0 Å². The Labute approximate surface area is 88.6 Å². The maximum atomic E-state index is 12.9. The van der Waals surface area contributed by atoms with E-state index in [2.05, 4.69) is 0 Å². The average molecular weight is 204 g/mol. The van der Waals surface area contributed by atoms with Crippen molar-refractivity contribution >= 4 is 5.78 Å². The third-order valence-corrected chi connectivity index (χ3v) is 2.77. The molecule has 1 nitrogen and oxygen atoms in total. The van der Waals surface area contributed by atoms with Gasteiger partial charge in [0.1, 0.15) is 5.82 Å². The molecule has 0 radical (unpaired) electrons. The number of benzene rings is 1. The van der Waals surface area contributed by atoms with E-state index < -0.39 is 0 Å². The molecule has 1 aliphatic carbocycles. The molecule has 0 aromatic heterocycles. The number of rotatable bonds is 2. The zero-order valence-electron chi connectivity index (χ0n) is 8.72. The number of allylic oxidation sites excluding steroid dienone is 2. The topological polar surface area (TPSA) is 17.1 Å². The molecule has 1 aromatic rings. The molecule has 0 heterocycles. The molecule has 0 fully saturated rings. The predicted octanol–water partition coefficient (Wildman–Crippen LogP) is 3.43. The van der Waals surface area contributed by atoms with Crippen LogP contribution in [-0.2, 0) is 0 Å². The minimum atomic E-state index is -0.288. The van der Waals surface area contributed by atoms with Gasteiger partial charge in [0.25, 0.3) is 0 Å². The second-order valence-electron chi connectivity index (χ2n) is 3.91. The van der Waals surface area contributed by atoms with E-state index in [1.54, 1.807) is 13.0 Å². The van der Waals surface area contributed by atoms with Gasteiger partial charge in [-0.3, -0.25) is 4.79 Å². The SMILES string of the molecule is Cc1cc(F)ccc1C(=O)C1=CCCC1. The molecule has 0 unspecified atom stereocenters. The third kappa shape index (κ3) is 1.99. The number of Topliss-reactive ketones (excluding diaryl/α,β-unsaturated/α-hetero) is 1. The van der Waals surface area contributed by atoms with Gasteiger partial charge in [0.05, 0.1) is 0 Å². The molecule has 0 amide bonds. The van der Waals surface area contributed by atoms with E-state index in [1.807, 2.05) is 6.08 Å². The summed E-state index contributed by atoms with van der Waals surface area (Å²) in [6, 6.07) is 4.32. The number of ketones is 1. The summed E-state index contributed by atoms with van der Waals surface area (Å²) in [6.07, 6.45) is 4.89. The Morgan fingerprint density at radius 3 is 2.80 bits per heavy atom. The average Bonchev–Trinajstić information content (AvgIpc) is 2.69. The fourth-order valence-electron chi connectivity index (χ4n) is 1.93. The van der Waals surface area contributed by atoms with Gasteiger partial charge < -0.3 is 0 Å². The zero-order valence-corrected chi connectivity index (χ0v) is 8.72. The van der Waals surface area contributed by atoms with Crippen molar-refractivity contribution in [3.8, 4) is 0 Å². The second kappa shape index (κ2) is 3.97. The van der Waals surface area contributed by atoms with Crippen LogP contribution in [0, 0.1) is 12.7 Å². The van der Waals surface area contributed by atoms with Crippen molar-refractivity contribution < 1.29 is 9.18 Å². The minimum Gasteiger partial charge on any atom is -0.289 e. The molecule has 0 saturated heterocycles. The molecule has 0 N–H and O–H groups in total. The van der Waals surface area contributed by atoms with Crippen LogP contribution in [-0.4, -0.2) is 5.78 Å². The van der Waals surface area contributed by atoms with Crippen LogP contribution in [0.2, 0.25) is 0 Å². The van der Waals surface area contributed by atoms with Gasteiger partial charge in [-0.25, -0.2) is 4.39 Å². The first-order valence-electron chi connectivity index (χ1n) is 5.18. The fraction of sp³-hybridized carbons (Fsp3) is 0.308. The highest BCUT2D eigenvalue weighted by molar-refractivity contribution is 6.09. The third-order valence-electron chi connectivity index (χ3n) is 2.77. The summed E-state index contributed by atoms with van der Waals surface area (Å²) >= 11 is 0. The Hall–Kier alpha value is -1.44. The summed E-state index contributed by atoms with van der Waals surface area (Å²) in [5.41, 5.74) is 2.22. The predicted molar refractivity (Wildman–Crippen MR) is 57.4 cm³/mol. The first-order chi connectivity index (χ1) is 7.18. The molecule has 2 heteroatoms. The number of aryl methyl sites for hydroxylation is 1. The minimum absolute atomic E-state index is 0.0602. The Balaban J connectivity index is 2.33. The van der Waals surface area contributed by atoms with Crippen molar-refractivity contribution in [1.82, 2.24) is 0 Å². The number of halogens is 1. The van der Waals surface area contributed by atoms with Crippen molar-refractivity contribution in [3.63, 3.8) is 0 Å². The Morgan fingerprint density at radius 2 is 2.20 bits per heavy atom. The number of hydrogen-bond acceptors (Lipinski definition) is 1. The van der Waals surface area contributed by atoms with Gasteiger partial charge in [0, 0.05) is 5.56 Å². The quantitative estimate of drug-likeness (QED) is 0.674. The van der Waals surface area contributed by atoms with Crippen LogP contribution in [0.25, 0.3) is 0 Å². The van der Waals surface area contributed by atoms with Crippen LogP contribution >= 0.6 is 0 Å². The number of carbonyl (C=O) groups is 1. The lowest BCUT2D eigenvalue weighted by molar-refractivity contribution is 0.103. The van der Waals surface area contributed by atoms with Crippen molar-refractivity contribution in [3.05, 3.63) is 46.8 Å². The molecule has 0 saturated carbocycles. The van der Waals surface area contributed by atoms with Gasteiger partial charge in [0.2, 0.25) is 0 Å². The highest BCUT2D eigenvalue weighted by Gasteiger charge is 2.16. The summed E-state index contributed by atoms with van der Waals surface area (Å²) in [7, 11) is 0. The van der Waals surface area contributed by atoms with E-state index in [-0.39, 0.29) is 11.6 Å². The lowest BCUT2D eigenvalue weighted by atomic mass is 9.99.